The van der Waals surface area contributed by atoms with Crippen LogP contribution in [0.5, 0.6) is 0 Å². The average molecular weight is 311 g/mol. The zero-order chi connectivity index (χ0) is 16.1. The molecule has 0 aliphatic carbocycles. The van der Waals surface area contributed by atoms with E-state index in [1.54, 1.807) is 12.0 Å². The molecule has 4 heteroatoms. The van der Waals surface area contributed by atoms with Crippen molar-refractivity contribution in [2.45, 2.75) is 25.2 Å². The fourth-order valence-corrected chi connectivity index (χ4v) is 2.85. The first-order chi connectivity index (χ1) is 11.3. The number of hydrogen-bond donors (Lipinski definition) is 0. The summed E-state index contributed by atoms with van der Waals surface area (Å²) < 4.78 is 10.9. The van der Waals surface area contributed by atoms with E-state index in [0.29, 0.717) is 13.2 Å². The minimum absolute atomic E-state index is 0.0330. The molecular weight excluding hydrogens is 290 g/mol. The molecule has 1 saturated heterocycles. The summed E-state index contributed by atoms with van der Waals surface area (Å²) >= 11 is 0. The SMILES string of the molecule is CO[C@@H]1CN(C(=O)OCc2ccccc2)[C@H]1Cc1ccccc1. The predicted molar refractivity (Wildman–Crippen MR) is 88.1 cm³/mol. The molecule has 1 aliphatic rings. The van der Waals surface area contributed by atoms with Gasteiger partial charge in [-0.15, -0.1) is 0 Å². The summed E-state index contributed by atoms with van der Waals surface area (Å²) in [5.74, 6) is 0. The highest BCUT2D eigenvalue weighted by Crippen LogP contribution is 2.25. The van der Waals surface area contributed by atoms with Gasteiger partial charge in [0, 0.05) is 7.11 Å². The quantitative estimate of drug-likeness (QED) is 0.851. The molecule has 3 rings (SSSR count). The van der Waals surface area contributed by atoms with Gasteiger partial charge in [0.25, 0.3) is 0 Å². The van der Waals surface area contributed by atoms with Gasteiger partial charge in [-0.2, -0.15) is 0 Å². The van der Waals surface area contributed by atoms with Crippen LogP contribution < -0.4 is 0 Å². The lowest BCUT2D eigenvalue weighted by Gasteiger charge is -2.46. The third-order valence-electron chi connectivity index (χ3n) is 4.24. The van der Waals surface area contributed by atoms with Crippen molar-refractivity contribution in [1.29, 1.82) is 0 Å². The minimum atomic E-state index is -0.275. The highest BCUT2D eigenvalue weighted by Gasteiger charge is 2.42. The van der Waals surface area contributed by atoms with Crippen LogP contribution >= 0.6 is 0 Å². The third-order valence-corrected chi connectivity index (χ3v) is 4.24. The largest absolute Gasteiger partial charge is 0.445 e. The van der Waals surface area contributed by atoms with Crippen molar-refractivity contribution in [3.63, 3.8) is 0 Å². The number of likely N-dealkylation sites (tertiary alicyclic amines) is 1. The molecule has 0 saturated carbocycles. The molecule has 2 aromatic rings. The zero-order valence-corrected chi connectivity index (χ0v) is 13.2. The maximum absolute atomic E-state index is 12.3. The van der Waals surface area contributed by atoms with E-state index in [4.69, 9.17) is 9.47 Å². The molecule has 0 radical (unpaired) electrons. The molecule has 1 aliphatic heterocycles. The molecule has 2 atom stereocenters. The summed E-state index contributed by atoms with van der Waals surface area (Å²) in [6.45, 7) is 0.882. The second kappa shape index (κ2) is 7.29. The second-order valence-corrected chi connectivity index (χ2v) is 5.72. The lowest BCUT2D eigenvalue weighted by molar-refractivity contribution is -0.0760. The first-order valence-corrected chi connectivity index (χ1v) is 7.82. The highest BCUT2D eigenvalue weighted by atomic mass is 16.6. The molecule has 0 aromatic heterocycles. The van der Waals surface area contributed by atoms with Crippen LogP contribution in [-0.2, 0) is 22.5 Å². The van der Waals surface area contributed by atoms with Gasteiger partial charge in [0.2, 0.25) is 0 Å². The third kappa shape index (κ3) is 3.71. The molecule has 2 aromatic carbocycles. The Hall–Kier alpha value is -2.33. The fourth-order valence-electron chi connectivity index (χ4n) is 2.85. The van der Waals surface area contributed by atoms with Crippen molar-refractivity contribution < 1.29 is 14.3 Å². The van der Waals surface area contributed by atoms with Gasteiger partial charge in [-0.25, -0.2) is 4.79 Å². The Morgan fingerprint density at radius 1 is 1.04 bits per heavy atom. The first kappa shape index (κ1) is 15.6. The number of amides is 1. The van der Waals surface area contributed by atoms with E-state index < -0.39 is 0 Å². The van der Waals surface area contributed by atoms with E-state index in [-0.39, 0.29) is 18.2 Å². The fraction of sp³-hybridized carbons (Fsp3) is 0.316. The number of nitrogens with zero attached hydrogens (tertiary/aromatic N) is 1. The van der Waals surface area contributed by atoms with Crippen LogP contribution in [0.3, 0.4) is 0 Å². The Labute approximate surface area is 136 Å². The van der Waals surface area contributed by atoms with Crippen molar-refractivity contribution in [1.82, 2.24) is 4.90 Å². The van der Waals surface area contributed by atoms with E-state index >= 15 is 0 Å². The maximum atomic E-state index is 12.3. The van der Waals surface area contributed by atoms with Crippen LogP contribution in [0.1, 0.15) is 11.1 Å². The molecule has 1 heterocycles. The van der Waals surface area contributed by atoms with Crippen molar-refractivity contribution in [2.24, 2.45) is 0 Å². The Kier molecular flexibility index (Phi) is 4.93. The molecule has 1 amide bonds. The van der Waals surface area contributed by atoms with Crippen LogP contribution in [-0.4, -0.2) is 36.8 Å². The highest BCUT2D eigenvalue weighted by molar-refractivity contribution is 5.69. The molecule has 23 heavy (non-hydrogen) atoms. The lowest BCUT2D eigenvalue weighted by atomic mass is 9.93. The number of rotatable bonds is 5. The number of methoxy groups -OCH3 is 1. The van der Waals surface area contributed by atoms with Crippen molar-refractivity contribution >= 4 is 6.09 Å². The van der Waals surface area contributed by atoms with Crippen LogP contribution in [0.4, 0.5) is 4.79 Å². The topological polar surface area (TPSA) is 38.8 Å². The summed E-state index contributed by atoms with van der Waals surface area (Å²) in [6, 6.07) is 19.9. The van der Waals surface area contributed by atoms with Gasteiger partial charge in [-0.05, 0) is 17.5 Å². The lowest BCUT2D eigenvalue weighted by Crippen LogP contribution is -2.63. The summed E-state index contributed by atoms with van der Waals surface area (Å²) in [5, 5.41) is 0. The monoisotopic (exact) mass is 311 g/mol. The average Bonchev–Trinajstić information content (AvgIpc) is 2.59. The normalized spacial score (nSPS) is 20.0. The van der Waals surface area contributed by atoms with E-state index in [9.17, 15) is 4.79 Å². The van der Waals surface area contributed by atoms with Gasteiger partial charge in [0.1, 0.15) is 6.61 Å². The van der Waals surface area contributed by atoms with Crippen LogP contribution in [0.2, 0.25) is 0 Å². The number of carbonyl (C=O) groups excluding carboxylic acids is 1. The van der Waals surface area contributed by atoms with E-state index in [1.165, 1.54) is 5.56 Å². The van der Waals surface area contributed by atoms with Gasteiger partial charge in [-0.1, -0.05) is 60.7 Å². The Morgan fingerprint density at radius 2 is 1.65 bits per heavy atom. The van der Waals surface area contributed by atoms with Gasteiger partial charge >= 0.3 is 6.09 Å². The number of hydrogen-bond acceptors (Lipinski definition) is 3. The second-order valence-electron chi connectivity index (χ2n) is 5.72. The summed E-state index contributed by atoms with van der Waals surface area (Å²) in [5.41, 5.74) is 2.18. The standard InChI is InChI=1S/C19H21NO3/c1-22-18-13-20(17(18)12-15-8-4-2-5-9-15)19(21)23-14-16-10-6-3-7-11-16/h2-11,17-18H,12-14H2,1H3/t17-,18+/m0/s1. The Balaban J connectivity index is 1.58. The number of carbonyl (C=O) groups is 1. The van der Waals surface area contributed by atoms with E-state index in [1.807, 2.05) is 48.5 Å². The Bertz CT molecular complexity index is 630. The molecule has 120 valence electrons. The van der Waals surface area contributed by atoms with Crippen LogP contribution in [0.25, 0.3) is 0 Å². The molecular formula is C19H21NO3. The van der Waals surface area contributed by atoms with Crippen molar-refractivity contribution in [3.8, 4) is 0 Å². The maximum Gasteiger partial charge on any atom is 0.410 e. The van der Waals surface area contributed by atoms with E-state index in [2.05, 4.69) is 12.1 Å². The number of ether oxygens (including phenoxy) is 2. The number of benzene rings is 2. The molecule has 0 N–H and O–H groups in total. The van der Waals surface area contributed by atoms with E-state index in [0.717, 1.165) is 12.0 Å². The molecule has 4 nitrogen and oxygen atoms in total. The summed E-state index contributed by atoms with van der Waals surface area (Å²) in [6.07, 6.45) is 0.572. The summed E-state index contributed by atoms with van der Waals surface area (Å²) in [7, 11) is 1.69. The van der Waals surface area contributed by atoms with Gasteiger partial charge in [0.15, 0.2) is 0 Å². The van der Waals surface area contributed by atoms with Crippen LogP contribution in [0, 0.1) is 0 Å². The van der Waals surface area contributed by atoms with Gasteiger partial charge in [0.05, 0.1) is 18.7 Å². The van der Waals surface area contributed by atoms with Gasteiger partial charge < -0.3 is 9.47 Å². The molecule has 0 bridgehead atoms. The Morgan fingerprint density at radius 3 is 2.26 bits per heavy atom. The van der Waals surface area contributed by atoms with Crippen LogP contribution in [0.15, 0.2) is 60.7 Å². The zero-order valence-electron chi connectivity index (χ0n) is 13.2. The summed E-state index contributed by atoms with van der Waals surface area (Å²) in [4.78, 5) is 14.1. The molecule has 1 fully saturated rings. The van der Waals surface area contributed by atoms with Gasteiger partial charge in [-0.3, -0.25) is 4.90 Å². The molecule has 0 unspecified atom stereocenters. The minimum Gasteiger partial charge on any atom is -0.445 e. The first-order valence-electron chi connectivity index (χ1n) is 7.82. The smallest absolute Gasteiger partial charge is 0.410 e. The van der Waals surface area contributed by atoms with Crippen molar-refractivity contribution in [2.75, 3.05) is 13.7 Å². The van der Waals surface area contributed by atoms with Crippen molar-refractivity contribution in [3.05, 3.63) is 71.8 Å². The predicted octanol–water partition coefficient (Wildman–Crippen LogP) is 3.27. The molecule has 0 spiro atoms.